The number of carbonyl (C=O) groups is 1. The lowest BCUT2D eigenvalue weighted by Gasteiger charge is -2.09. The molecule has 0 saturated carbocycles. The molecule has 9 nitrogen and oxygen atoms in total. The van der Waals surface area contributed by atoms with Crippen LogP contribution in [-0.4, -0.2) is 32.2 Å². The van der Waals surface area contributed by atoms with Gasteiger partial charge in [-0.2, -0.15) is 0 Å². The molecule has 0 aliphatic carbocycles. The number of ether oxygens (including phenoxy) is 2. The van der Waals surface area contributed by atoms with Gasteiger partial charge in [0.05, 0.1) is 7.11 Å². The molecule has 1 aromatic carbocycles. The summed E-state index contributed by atoms with van der Waals surface area (Å²) in [5.41, 5.74) is 0.736. The van der Waals surface area contributed by atoms with Crippen LogP contribution in [0, 0.1) is 0 Å². The largest absolute Gasteiger partial charge is 0.497 e. The van der Waals surface area contributed by atoms with E-state index in [1.54, 1.807) is 11.7 Å². The number of fused-ring (bicyclic) bond motifs is 1. The number of nitrogens with one attached hydrogen (secondary N) is 1. The van der Waals surface area contributed by atoms with Crippen LogP contribution < -0.4 is 16.0 Å². The van der Waals surface area contributed by atoms with Crippen molar-refractivity contribution in [2.24, 2.45) is 0 Å². The standard InChI is InChI=1S/C23H30N4O5/c1-4-6-14-27-21-20(22(29)25-23(27)30)26(13-5-2)18(24-21)15-32-19(28)12-9-16-7-10-17(31-3)11-8-16/h7-8,10-11H,4-6,9,12-15H2,1-3H3,(H,25,29,30). The van der Waals surface area contributed by atoms with Crippen LogP contribution in [0.4, 0.5) is 0 Å². The third-order valence-corrected chi connectivity index (χ3v) is 5.29. The third kappa shape index (κ3) is 5.27. The first-order valence-electron chi connectivity index (χ1n) is 11.0. The molecule has 2 aromatic heterocycles. The first-order valence-corrected chi connectivity index (χ1v) is 11.0. The zero-order valence-corrected chi connectivity index (χ0v) is 18.8. The van der Waals surface area contributed by atoms with E-state index >= 15 is 0 Å². The number of rotatable bonds is 11. The van der Waals surface area contributed by atoms with Crippen molar-refractivity contribution < 1.29 is 14.3 Å². The highest BCUT2D eigenvalue weighted by Gasteiger charge is 2.19. The second-order valence-electron chi connectivity index (χ2n) is 7.63. The quantitative estimate of drug-likeness (QED) is 0.458. The minimum atomic E-state index is -0.476. The summed E-state index contributed by atoms with van der Waals surface area (Å²) in [7, 11) is 1.61. The number of unbranched alkanes of at least 4 members (excludes halogenated alkanes) is 1. The first kappa shape index (κ1) is 23.3. The molecule has 172 valence electrons. The van der Waals surface area contributed by atoms with E-state index in [1.807, 2.05) is 38.1 Å². The number of hydrogen-bond acceptors (Lipinski definition) is 6. The van der Waals surface area contributed by atoms with Crippen LogP contribution in [0.15, 0.2) is 33.9 Å². The number of imidazole rings is 1. The monoisotopic (exact) mass is 442 g/mol. The van der Waals surface area contributed by atoms with Gasteiger partial charge in [-0.05, 0) is 37.0 Å². The van der Waals surface area contributed by atoms with Gasteiger partial charge in [0.2, 0.25) is 0 Å². The average Bonchev–Trinajstić information content (AvgIpc) is 3.15. The molecule has 3 rings (SSSR count). The molecule has 0 spiro atoms. The van der Waals surface area contributed by atoms with E-state index in [4.69, 9.17) is 9.47 Å². The molecule has 3 aromatic rings. The fraction of sp³-hybridized carbons (Fsp3) is 0.478. The Morgan fingerprint density at radius 1 is 1.06 bits per heavy atom. The summed E-state index contributed by atoms with van der Waals surface area (Å²) < 4.78 is 13.8. The molecular formula is C23H30N4O5. The SMILES string of the molecule is CCCCn1c(=O)[nH]c(=O)c2c1nc(COC(=O)CCc1ccc(OC)cc1)n2CCC. The first-order chi connectivity index (χ1) is 15.5. The van der Waals surface area contributed by atoms with Crippen LogP contribution in [0.1, 0.15) is 50.9 Å². The Bertz CT molecular complexity index is 1170. The van der Waals surface area contributed by atoms with Crippen molar-refractivity contribution in [3.8, 4) is 5.75 Å². The van der Waals surface area contributed by atoms with Crippen molar-refractivity contribution in [2.75, 3.05) is 7.11 Å². The molecule has 0 fully saturated rings. The third-order valence-electron chi connectivity index (χ3n) is 5.29. The molecule has 0 aliphatic rings. The van der Waals surface area contributed by atoms with Crippen molar-refractivity contribution in [2.45, 2.75) is 65.6 Å². The summed E-state index contributed by atoms with van der Waals surface area (Å²) >= 11 is 0. The number of esters is 1. The van der Waals surface area contributed by atoms with E-state index in [0.29, 0.717) is 36.5 Å². The molecule has 1 N–H and O–H groups in total. The van der Waals surface area contributed by atoms with Crippen LogP contribution in [0.5, 0.6) is 5.75 Å². The lowest BCUT2D eigenvalue weighted by atomic mass is 10.1. The highest BCUT2D eigenvalue weighted by molar-refractivity contribution is 5.72. The van der Waals surface area contributed by atoms with Gasteiger partial charge in [0.15, 0.2) is 11.2 Å². The Labute approximate surface area is 186 Å². The van der Waals surface area contributed by atoms with Crippen molar-refractivity contribution in [3.05, 3.63) is 56.5 Å². The minimum absolute atomic E-state index is 0.0580. The van der Waals surface area contributed by atoms with Gasteiger partial charge in [0.1, 0.15) is 18.2 Å². The van der Waals surface area contributed by atoms with Gasteiger partial charge >= 0.3 is 11.7 Å². The second kappa shape index (κ2) is 10.8. The normalized spacial score (nSPS) is 11.1. The number of nitrogens with zero attached hydrogens (tertiary/aromatic N) is 3. The Morgan fingerprint density at radius 3 is 2.47 bits per heavy atom. The Kier molecular flexibility index (Phi) is 7.86. The zero-order valence-electron chi connectivity index (χ0n) is 18.8. The highest BCUT2D eigenvalue weighted by atomic mass is 16.5. The van der Waals surface area contributed by atoms with Crippen molar-refractivity contribution in [1.29, 1.82) is 0 Å². The van der Waals surface area contributed by atoms with Crippen molar-refractivity contribution in [3.63, 3.8) is 0 Å². The molecule has 0 saturated heterocycles. The number of H-pyrrole nitrogens is 1. The summed E-state index contributed by atoms with van der Waals surface area (Å²) in [6, 6.07) is 7.52. The zero-order chi connectivity index (χ0) is 23.1. The molecule has 0 atom stereocenters. The predicted molar refractivity (Wildman–Crippen MR) is 121 cm³/mol. The summed E-state index contributed by atoms with van der Waals surface area (Å²) in [5, 5.41) is 0. The maximum atomic E-state index is 12.5. The number of methoxy groups -OCH3 is 1. The van der Waals surface area contributed by atoms with E-state index in [-0.39, 0.29) is 19.0 Å². The van der Waals surface area contributed by atoms with Crippen LogP contribution in [0.3, 0.4) is 0 Å². The van der Waals surface area contributed by atoms with E-state index < -0.39 is 11.2 Å². The molecule has 0 radical (unpaired) electrons. The van der Waals surface area contributed by atoms with E-state index in [0.717, 1.165) is 30.6 Å². The predicted octanol–water partition coefficient (Wildman–Crippen LogP) is 2.78. The minimum Gasteiger partial charge on any atom is -0.497 e. The molecule has 2 heterocycles. The Balaban J connectivity index is 1.77. The van der Waals surface area contributed by atoms with Crippen LogP contribution in [0.2, 0.25) is 0 Å². The van der Waals surface area contributed by atoms with E-state index in [1.165, 1.54) is 4.57 Å². The van der Waals surface area contributed by atoms with Gasteiger partial charge in [-0.15, -0.1) is 0 Å². The molecule has 0 bridgehead atoms. The van der Waals surface area contributed by atoms with Crippen LogP contribution in [0.25, 0.3) is 11.2 Å². The van der Waals surface area contributed by atoms with E-state index in [9.17, 15) is 14.4 Å². The maximum absolute atomic E-state index is 12.5. The highest BCUT2D eigenvalue weighted by Crippen LogP contribution is 2.15. The number of aryl methyl sites for hydroxylation is 3. The topological polar surface area (TPSA) is 108 Å². The summed E-state index contributed by atoms with van der Waals surface area (Å²) in [6.07, 6.45) is 3.22. The van der Waals surface area contributed by atoms with Crippen LogP contribution >= 0.6 is 0 Å². The molecule has 0 unspecified atom stereocenters. The van der Waals surface area contributed by atoms with Gasteiger partial charge < -0.3 is 14.0 Å². The fourth-order valence-corrected chi connectivity index (χ4v) is 3.57. The lowest BCUT2D eigenvalue weighted by Crippen LogP contribution is -2.31. The molecule has 0 amide bonds. The van der Waals surface area contributed by atoms with Crippen molar-refractivity contribution in [1.82, 2.24) is 19.1 Å². The maximum Gasteiger partial charge on any atom is 0.330 e. The number of benzene rings is 1. The van der Waals surface area contributed by atoms with Gasteiger partial charge in [-0.25, -0.2) is 9.78 Å². The number of aromatic nitrogens is 4. The van der Waals surface area contributed by atoms with Gasteiger partial charge in [-0.1, -0.05) is 32.4 Å². The summed E-state index contributed by atoms with van der Waals surface area (Å²) in [6.45, 7) is 4.95. The number of carbonyl (C=O) groups excluding carboxylic acids is 1. The van der Waals surface area contributed by atoms with Gasteiger partial charge in [0, 0.05) is 19.5 Å². The average molecular weight is 443 g/mol. The second-order valence-corrected chi connectivity index (χ2v) is 7.63. The summed E-state index contributed by atoms with van der Waals surface area (Å²) in [5.74, 6) is 0.868. The molecule has 9 heteroatoms. The Morgan fingerprint density at radius 2 is 1.81 bits per heavy atom. The number of hydrogen-bond donors (Lipinski definition) is 1. The summed E-state index contributed by atoms with van der Waals surface area (Å²) in [4.78, 5) is 44.1. The lowest BCUT2D eigenvalue weighted by molar-refractivity contribution is -0.145. The van der Waals surface area contributed by atoms with Crippen molar-refractivity contribution >= 4 is 17.1 Å². The van der Waals surface area contributed by atoms with E-state index in [2.05, 4.69) is 9.97 Å². The van der Waals surface area contributed by atoms with Gasteiger partial charge in [-0.3, -0.25) is 19.1 Å². The fourth-order valence-electron chi connectivity index (χ4n) is 3.57. The molecule has 32 heavy (non-hydrogen) atoms. The molecular weight excluding hydrogens is 412 g/mol. The smallest absolute Gasteiger partial charge is 0.330 e. The Hall–Kier alpha value is -3.36. The van der Waals surface area contributed by atoms with Gasteiger partial charge in [0.25, 0.3) is 5.56 Å². The number of aromatic amines is 1. The molecule has 0 aliphatic heterocycles. The van der Waals surface area contributed by atoms with Crippen LogP contribution in [-0.2, 0) is 35.6 Å².